The molecule has 6 rings (SSSR count). The van der Waals surface area contributed by atoms with Gasteiger partial charge in [0.15, 0.2) is 0 Å². The Kier molecular flexibility index (Phi) is 4.61. The minimum Gasteiger partial charge on any atom is -0.381 e. The third-order valence-corrected chi connectivity index (χ3v) is 9.44. The summed E-state index contributed by atoms with van der Waals surface area (Å²) in [6.07, 6.45) is 3.22. The Balaban J connectivity index is 1.43. The second-order valence-electron chi connectivity index (χ2n) is 9.55. The highest BCUT2D eigenvalue weighted by Crippen LogP contribution is 2.65. The lowest BCUT2D eigenvalue weighted by molar-refractivity contribution is -0.149. The van der Waals surface area contributed by atoms with Crippen molar-refractivity contribution in [3.05, 3.63) is 71.8 Å². The molecule has 28 heavy (non-hydrogen) atoms. The quantitative estimate of drug-likeness (QED) is 0.767. The van der Waals surface area contributed by atoms with E-state index in [1.54, 1.807) is 0 Å². The fourth-order valence-corrected chi connectivity index (χ4v) is 7.61. The van der Waals surface area contributed by atoms with Crippen molar-refractivity contribution in [3.63, 3.8) is 0 Å². The molecule has 4 aliphatic rings. The van der Waals surface area contributed by atoms with Crippen LogP contribution >= 0.6 is 11.8 Å². The number of thioether (sulfide) groups is 1. The van der Waals surface area contributed by atoms with Crippen LogP contribution in [0.2, 0.25) is 0 Å². The Bertz CT molecular complexity index is 821. The summed E-state index contributed by atoms with van der Waals surface area (Å²) in [5.74, 6) is 2.26. The van der Waals surface area contributed by atoms with Crippen LogP contribution in [0.3, 0.4) is 0 Å². The second-order valence-corrected chi connectivity index (χ2v) is 10.9. The highest BCUT2D eigenvalue weighted by molar-refractivity contribution is 8.00. The van der Waals surface area contributed by atoms with Gasteiger partial charge in [-0.15, -0.1) is 11.8 Å². The Morgan fingerprint density at radius 1 is 1.04 bits per heavy atom. The van der Waals surface area contributed by atoms with Gasteiger partial charge in [0.05, 0.1) is 6.61 Å². The van der Waals surface area contributed by atoms with Gasteiger partial charge in [0.2, 0.25) is 0 Å². The normalized spacial score (nSPS) is 35.3. The second kappa shape index (κ2) is 6.90. The van der Waals surface area contributed by atoms with E-state index in [0.29, 0.717) is 23.0 Å². The zero-order valence-corrected chi connectivity index (χ0v) is 17.6. The monoisotopic (exact) mass is 394 g/mol. The Morgan fingerprint density at radius 3 is 2.39 bits per heavy atom. The molecule has 2 aromatic carbocycles. The predicted molar refractivity (Wildman–Crippen MR) is 115 cm³/mol. The molecule has 0 amide bonds. The van der Waals surface area contributed by atoms with Crippen molar-refractivity contribution in [2.75, 3.05) is 6.61 Å². The zero-order chi connectivity index (χ0) is 19.4. The van der Waals surface area contributed by atoms with Gasteiger partial charge < -0.3 is 9.84 Å². The van der Waals surface area contributed by atoms with Gasteiger partial charge >= 0.3 is 0 Å². The van der Waals surface area contributed by atoms with Crippen LogP contribution in [0.15, 0.2) is 60.7 Å². The smallest absolute Gasteiger partial charge is 0.136 e. The fourth-order valence-electron chi connectivity index (χ4n) is 5.88. The summed E-state index contributed by atoms with van der Waals surface area (Å²) in [5, 5.41) is 12.6. The molecule has 2 bridgehead atoms. The summed E-state index contributed by atoms with van der Waals surface area (Å²) in [6.45, 7) is 5.66. The summed E-state index contributed by atoms with van der Waals surface area (Å²) in [7, 11) is 0. The van der Waals surface area contributed by atoms with Crippen molar-refractivity contribution in [2.45, 2.75) is 49.4 Å². The molecule has 0 spiro atoms. The topological polar surface area (TPSA) is 29.5 Å². The zero-order valence-electron chi connectivity index (χ0n) is 16.8. The van der Waals surface area contributed by atoms with E-state index in [0.717, 1.165) is 29.6 Å². The fraction of sp³-hybridized carbons (Fsp3) is 0.520. The molecule has 0 aromatic heterocycles. The van der Waals surface area contributed by atoms with Crippen LogP contribution in [0.4, 0.5) is 0 Å². The van der Waals surface area contributed by atoms with E-state index in [1.165, 1.54) is 12.8 Å². The van der Waals surface area contributed by atoms with Crippen molar-refractivity contribution < 1.29 is 9.84 Å². The van der Waals surface area contributed by atoms with E-state index in [-0.39, 0.29) is 5.44 Å². The number of hydrogen-bond donors (Lipinski definition) is 1. The molecule has 2 aromatic rings. The van der Waals surface area contributed by atoms with Crippen LogP contribution in [-0.2, 0) is 16.8 Å². The molecule has 1 saturated heterocycles. The van der Waals surface area contributed by atoms with Crippen LogP contribution in [0, 0.1) is 23.2 Å². The molecule has 3 heteroatoms. The summed E-state index contributed by atoms with van der Waals surface area (Å²) in [6, 6.07) is 20.4. The third kappa shape index (κ3) is 2.94. The van der Waals surface area contributed by atoms with Crippen molar-refractivity contribution in [1.29, 1.82) is 0 Å². The standard InChI is InChI=1S/C25H30O2S/c1-24(2)19-13-21(24)20-16-27-23(28-22(20)14-19)25(26,18-11-7-4-8-12-18)15-17-9-5-3-6-10-17/h3-12,19-23,26H,13-16H2,1-2H3/t19-,20+,21+,22+,23-,25+/m1/s1. The van der Waals surface area contributed by atoms with Gasteiger partial charge in [-0.2, -0.15) is 0 Å². The number of ether oxygens (including phenoxy) is 1. The number of hydrogen-bond acceptors (Lipinski definition) is 3. The first-order chi connectivity index (χ1) is 13.5. The number of benzene rings is 2. The van der Waals surface area contributed by atoms with Gasteiger partial charge in [-0.05, 0) is 47.1 Å². The molecule has 6 atom stereocenters. The van der Waals surface area contributed by atoms with Crippen LogP contribution in [0.1, 0.15) is 37.8 Å². The molecule has 0 unspecified atom stereocenters. The van der Waals surface area contributed by atoms with Gasteiger partial charge in [0.25, 0.3) is 0 Å². The van der Waals surface area contributed by atoms with Crippen LogP contribution < -0.4 is 0 Å². The lowest BCUT2D eigenvalue weighted by atomic mass is 9.45. The molecule has 2 nitrogen and oxygen atoms in total. The van der Waals surface area contributed by atoms with Crippen molar-refractivity contribution in [1.82, 2.24) is 0 Å². The van der Waals surface area contributed by atoms with Crippen molar-refractivity contribution >= 4 is 11.8 Å². The van der Waals surface area contributed by atoms with E-state index in [9.17, 15) is 5.11 Å². The van der Waals surface area contributed by atoms with Gasteiger partial charge in [-0.1, -0.05) is 74.5 Å². The van der Waals surface area contributed by atoms with Crippen molar-refractivity contribution in [3.8, 4) is 0 Å². The highest BCUT2D eigenvalue weighted by atomic mass is 32.2. The maximum Gasteiger partial charge on any atom is 0.136 e. The first-order valence-corrected chi connectivity index (χ1v) is 11.5. The van der Waals surface area contributed by atoms with Gasteiger partial charge in [0.1, 0.15) is 11.0 Å². The molecule has 1 N–H and O–H groups in total. The SMILES string of the molecule is CC1(C)[C@H]2C[C@@H]3S[C@H]([C@](O)(Cc4ccccc4)c4ccccc4)OC[C@H]3[C@@H]1C2. The van der Waals surface area contributed by atoms with E-state index < -0.39 is 5.60 Å². The largest absolute Gasteiger partial charge is 0.381 e. The lowest BCUT2D eigenvalue weighted by Gasteiger charge is -2.64. The molecular weight excluding hydrogens is 364 g/mol. The van der Waals surface area contributed by atoms with E-state index in [2.05, 4.69) is 26.0 Å². The Hall–Kier alpha value is -1.29. The predicted octanol–water partition coefficient (Wildman–Crippen LogP) is 5.26. The summed E-state index contributed by atoms with van der Waals surface area (Å²) < 4.78 is 6.44. The first-order valence-electron chi connectivity index (χ1n) is 10.6. The van der Waals surface area contributed by atoms with Gasteiger partial charge in [0, 0.05) is 11.7 Å². The summed E-state index contributed by atoms with van der Waals surface area (Å²) >= 11 is 1.90. The molecule has 1 aliphatic heterocycles. The van der Waals surface area contributed by atoms with E-state index in [1.807, 2.05) is 60.3 Å². The molecule has 1 heterocycles. The van der Waals surface area contributed by atoms with Crippen LogP contribution in [-0.4, -0.2) is 22.4 Å². The minimum atomic E-state index is -1.02. The summed E-state index contributed by atoms with van der Waals surface area (Å²) in [4.78, 5) is 0. The van der Waals surface area contributed by atoms with Gasteiger partial charge in [-0.3, -0.25) is 0 Å². The first kappa shape index (κ1) is 18.7. The Labute approximate surface area is 172 Å². The molecule has 3 aliphatic carbocycles. The molecule has 4 fully saturated rings. The average Bonchev–Trinajstić information content (AvgIpc) is 2.74. The third-order valence-electron chi connectivity index (χ3n) is 7.78. The molecule has 0 radical (unpaired) electrons. The maximum atomic E-state index is 12.0. The highest BCUT2D eigenvalue weighted by Gasteiger charge is 2.60. The van der Waals surface area contributed by atoms with Crippen LogP contribution in [0.5, 0.6) is 0 Å². The maximum absolute atomic E-state index is 12.0. The van der Waals surface area contributed by atoms with Crippen molar-refractivity contribution in [2.24, 2.45) is 23.2 Å². The molecular formula is C25H30O2S. The molecule has 148 valence electrons. The molecule has 3 saturated carbocycles. The van der Waals surface area contributed by atoms with Gasteiger partial charge in [-0.25, -0.2) is 0 Å². The van der Waals surface area contributed by atoms with E-state index in [4.69, 9.17) is 4.74 Å². The Morgan fingerprint density at radius 2 is 1.71 bits per heavy atom. The minimum absolute atomic E-state index is 0.225. The number of rotatable bonds is 4. The lowest BCUT2D eigenvalue weighted by Crippen LogP contribution is -2.60. The van der Waals surface area contributed by atoms with E-state index >= 15 is 0 Å². The number of aliphatic hydroxyl groups is 1. The average molecular weight is 395 g/mol. The summed E-state index contributed by atoms with van der Waals surface area (Å²) in [5.41, 5.74) is 1.33. The van der Waals surface area contributed by atoms with Crippen LogP contribution in [0.25, 0.3) is 0 Å².